The van der Waals surface area contributed by atoms with Crippen molar-refractivity contribution >= 4 is 61.9 Å². The minimum absolute atomic E-state index is 0.215. The van der Waals surface area contributed by atoms with Crippen LogP contribution in [0, 0.1) is 0 Å². The fourth-order valence-corrected chi connectivity index (χ4v) is 4.71. The smallest absolute Gasteiger partial charge is 0.267 e. The number of anilines is 2. The van der Waals surface area contributed by atoms with Crippen LogP contribution in [0.25, 0.3) is 10.1 Å². The van der Waals surface area contributed by atoms with Gasteiger partial charge in [0.1, 0.15) is 4.88 Å². The van der Waals surface area contributed by atoms with Crippen LogP contribution in [0.5, 0.6) is 0 Å². The van der Waals surface area contributed by atoms with Gasteiger partial charge in [-0.05, 0) is 24.3 Å². The molecule has 1 aliphatic rings. The fraction of sp³-hybridized carbons (Fsp3) is 0.211. The molecular weight excluding hydrogens is 391 g/mol. The minimum Gasteiger partial charge on any atom is -0.378 e. The molecule has 134 valence electrons. The Kier molecular flexibility index (Phi) is 5.05. The summed E-state index contributed by atoms with van der Waals surface area (Å²) < 4.78 is 6.31. The quantitative estimate of drug-likeness (QED) is 0.641. The maximum absolute atomic E-state index is 12.9. The second kappa shape index (κ2) is 7.45. The molecule has 1 fully saturated rings. The van der Waals surface area contributed by atoms with Crippen molar-refractivity contribution in [2.45, 2.75) is 0 Å². The molecule has 0 unspecified atom stereocenters. The van der Waals surface area contributed by atoms with Gasteiger partial charge >= 0.3 is 0 Å². The fourth-order valence-electron chi connectivity index (χ4n) is 3.02. The Balaban J connectivity index is 1.64. The summed E-state index contributed by atoms with van der Waals surface area (Å²) in [6.07, 6.45) is 0. The summed E-state index contributed by atoms with van der Waals surface area (Å²) in [6, 6.07) is 13.2. The number of para-hydroxylation sites is 2. The van der Waals surface area contributed by atoms with E-state index in [0.717, 1.165) is 34.6 Å². The van der Waals surface area contributed by atoms with Gasteiger partial charge in [0.05, 0.1) is 29.6 Å². The largest absolute Gasteiger partial charge is 0.378 e. The van der Waals surface area contributed by atoms with Gasteiger partial charge < -0.3 is 15.0 Å². The summed E-state index contributed by atoms with van der Waals surface area (Å²) in [4.78, 5) is 15.6. The molecule has 26 heavy (non-hydrogen) atoms. The predicted octanol–water partition coefficient (Wildman–Crippen LogP) is 5.30. The molecule has 1 saturated heterocycles. The van der Waals surface area contributed by atoms with Crippen LogP contribution in [0.15, 0.2) is 42.5 Å². The van der Waals surface area contributed by atoms with Crippen molar-refractivity contribution in [2.24, 2.45) is 0 Å². The van der Waals surface area contributed by atoms with E-state index >= 15 is 0 Å². The molecule has 0 atom stereocenters. The molecule has 2 heterocycles. The third-order valence-corrected chi connectivity index (χ3v) is 6.19. The first-order chi connectivity index (χ1) is 12.6. The lowest BCUT2D eigenvalue weighted by Gasteiger charge is -2.30. The monoisotopic (exact) mass is 406 g/mol. The van der Waals surface area contributed by atoms with Crippen LogP contribution in [0.3, 0.4) is 0 Å². The number of fused-ring (bicyclic) bond motifs is 1. The lowest BCUT2D eigenvalue weighted by Crippen LogP contribution is -2.36. The van der Waals surface area contributed by atoms with Crippen LogP contribution in [0.1, 0.15) is 9.67 Å². The maximum Gasteiger partial charge on any atom is 0.267 e. The van der Waals surface area contributed by atoms with E-state index in [1.807, 2.05) is 36.4 Å². The lowest BCUT2D eigenvalue weighted by molar-refractivity contribution is 0.103. The number of ether oxygens (including phenoxy) is 1. The molecule has 1 N–H and O–H groups in total. The number of benzene rings is 2. The van der Waals surface area contributed by atoms with E-state index in [4.69, 9.17) is 27.9 Å². The Hall–Kier alpha value is -1.79. The number of amides is 1. The SMILES string of the molecule is O=C(Nc1ccccc1N1CCOCC1)c1sc2cc(Cl)ccc2c1Cl. The van der Waals surface area contributed by atoms with E-state index < -0.39 is 0 Å². The molecule has 2 aromatic carbocycles. The summed E-state index contributed by atoms with van der Waals surface area (Å²) >= 11 is 13.8. The summed E-state index contributed by atoms with van der Waals surface area (Å²) in [7, 11) is 0. The van der Waals surface area contributed by atoms with E-state index in [-0.39, 0.29) is 5.91 Å². The van der Waals surface area contributed by atoms with Crippen LogP contribution >= 0.6 is 34.5 Å². The first kappa shape index (κ1) is 17.6. The van der Waals surface area contributed by atoms with E-state index in [1.54, 1.807) is 6.07 Å². The van der Waals surface area contributed by atoms with Crippen LogP contribution < -0.4 is 10.2 Å². The van der Waals surface area contributed by atoms with Gasteiger partial charge in [0.25, 0.3) is 5.91 Å². The highest BCUT2D eigenvalue weighted by Gasteiger charge is 2.20. The average Bonchev–Trinajstić information content (AvgIpc) is 2.99. The van der Waals surface area contributed by atoms with Crippen LogP contribution in [0.4, 0.5) is 11.4 Å². The molecule has 7 heteroatoms. The summed E-state index contributed by atoms with van der Waals surface area (Å²) in [5.74, 6) is -0.215. The van der Waals surface area contributed by atoms with Crippen molar-refractivity contribution in [1.82, 2.24) is 0 Å². The average molecular weight is 407 g/mol. The number of morpholine rings is 1. The van der Waals surface area contributed by atoms with Crippen molar-refractivity contribution < 1.29 is 9.53 Å². The van der Waals surface area contributed by atoms with E-state index in [1.165, 1.54) is 11.3 Å². The zero-order valence-electron chi connectivity index (χ0n) is 13.8. The molecular formula is C19H16Cl2N2O2S. The molecule has 1 amide bonds. The van der Waals surface area contributed by atoms with E-state index in [2.05, 4.69) is 10.2 Å². The summed E-state index contributed by atoms with van der Waals surface area (Å²) in [5.41, 5.74) is 1.76. The zero-order chi connectivity index (χ0) is 18.1. The summed E-state index contributed by atoms with van der Waals surface area (Å²) in [5, 5.41) is 4.94. The minimum atomic E-state index is -0.215. The molecule has 0 radical (unpaired) electrons. The molecule has 0 spiro atoms. The molecule has 1 aliphatic heterocycles. The van der Waals surface area contributed by atoms with Crippen LogP contribution in [-0.4, -0.2) is 32.2 Å². The van der Waals surface area contributed by atoms with Crippen molar-refractivity contribution in [3.63, 3.8) is 0 Å². The van der Waals surface area contributed by atoms with Gasteiger partial charge in [0.15, 0.2) is 0 Å². The summed E-state index contributed by atoms with van der Waals surface area (Å²) in [6.45, 7) is 2.97. The number of carbonyl (C=O) groups is 1. The number of hydrogen-bond acceptors (Lipinski definition) is 4. The van der Waals surface area contributed by atoms with Crippen molar-refractivity contribution in [2.75, 3.05) is 36.5 Å². The Morgan fingerprint density at radius 1 is 1.12 bits per heavy atom. The molecule has 1 aromatic heterocycles. The third kappa shape index (κ3) is 3.40. The first-order valence-electron chi connectivity index (χ1n) is 8.24. The standard InChI is InChI=1S/C19H16Cl2N2O2S/c20-12-5-6-13-16(11-12)26-18(17(13)21)19(24)22-14-3-1-2-4-15(14)23-7-9-25-10-8-23/h1-6,11H,7-10H2,(H,22,24). The molecule has 0 bridgehead atoms. The van der Waals surface area contributed by atoms with Crippen molar-refractivity contribution in [3.8, 4) is 0 Å². The Morgan fingerprint density at radius 3 is 2.69 bits per heavy atom. The third-order valence-electron chi connectivity index (χ3n) is 4.30. The van der Waals surface area contributed by atoms with Gasteiger partial charge in [-0.2, -0.15) is 0 Å². The molecule has 0 aliphatic carbocycles. The predicted molar refractivity (Wildman–Crippen MR) is 109 cm³/mol. The first-order valence-corrected chi connectivity index (χ1v) is 9.81. The van der Waals surface area contributed by atoms with Crippen LogP contribution in [-0.2, 0) is 4.74 Å². The van der Waals surface area contributed by atoms with Crippen LogP contribution in [0.2, 0.25) is 10.0 Å². The second-order valence-electron chi connectivity index (χ2n) is 5.96. The van der Waals surface area contributed by atoms with Gasteiger partial charge in [-0.25, -0.2) is 0 Å². The number of nitrogens with zero attached hydrogens (tertiary/aromatic N) is 1. The molecule has 3 aromatic rings. The van der Waals surface area contributed by atoms with E-state index in [0.29, 0.717) is 28.1 Å². The molecule has 4 rings (SSSR count). The molecule has 4 nitrogen and oxygen atoms in total. The topological polar surface area (TPSA) is 41.6 Å². The zero-order valence-corrected chi connectivity index (χ0v) is 16.1. The maximum atomic E-state index is 12.9. The number of thiophene rings is 1. The van der Waals surface area contributed by atoms with Gasteiger partial charge in [-0.3, -0.25) is 4.79 Å². The highest BCUT2D eigenvalue weighted by molar-refractivity contribution is 7.21. The Morgan fingerprint density at radius 2 is 1.88 bits per heavy atom. The highest BCUT2D eigenvalue weighted by Crippen LogP contribution is 2.37. The van der Waals surface area contributed by atoms with Gasteiger partial charge in [-0.1, -0.05) is 41.4 Å². The molecule has 0 saturated carbocycles. The van der Waals surface area contributed by atoms with Gasteiger partial charge in [-0.15, -0.1) is 11.3 Å². The number of carbonyl (C=O) groups excluding carboxylic acids is 1. The normalized spacial score (nSPS) is 14.6. The van der Waals surface area contributed by atoms with Gasteiger partial charge in [0.2, 0.25) is 0 Å². The lowest BCUT2D eigenvalue weighted by atomic mass is 10.2. The van der Waals surface area contributed by atoms with Crippen molar-refractivity contribution in [1.29, 1.82) is 0 Å². The number of halogens is 2. The second-order valence-corrected chi connectivity index (χ2v) is 7.82. The number of rotatable bonds is 3. The highest BCUT2D eigenvalue weighted by atomic mass is 35.5. The van der Waals surface area contributed by atoms with E-state index in [9.17, 15) is 4.79 Å². The van der Waals surface area contributed by atoms with Crippen molar-refractivity contribution in [3.05, 3.63) is 57.4 Å². The Bertz CT molecular complexity index is 967. The van der Waals surface area contributed by atoms with Gasteiger partial charge in [0, 0.05) is 28.2 Å². The Labute approximate surface area is 165 Å². The number of nitrogens with one attached hydrogen (secondary N) is 1. The number of hydrogen-bond donors (Lipinski definition) is 1.